The number of hydrogen-bond donors (Lipinski definition) is 0. The van der Waals surface area contributed by atoms with E-state index in [4.69, 9.17) is 4.98 Å². The third-order valence-corrected chi connectivity index (χ3v) is 7.99. The number of likely N-dealkylation sites (tertiary alicyclic amines) is 1. The SMILES string of the molecule is C=Cc1ccc(Cn2ccc3cc(N4CCC5(CCN(Cc6cccnc6)C5)CC4)cnc32)cc1. The van der Waals surface area contributed by atoms with E-state index in [-0.39, 0.29) is 0 Å². The van der Waals surface area contributed by atoms with Crippen molar-refractivity contribution in [1.82, 2.24) is 19.4 Å². The lowest BCUT2D eigenvalue weighted by atomic mass is 9.77. The highest BCUT2D eigenvalue weighted by atomic mass is 15.2. The monoisotopic (exact) mass is 463 g/mol. The van der Waals surface area contributed by atoms with Crippen LogP contribution in [0.2, 0.25) is 0 Å². The Labute approximate surface area is 207 Å². The Morgan fingerprint density at radius 3 is 2.51 bits per heavy atom. The van der Waals surface area contributed by atoms with Crippen LogP contribution in [0.15, 0.2) is 79.9 Å². The third kappa shape index (κ3) is 4.61. The van der Waals surface area contributed by atoms with Crippen LogP contribution in [0, 0.1) is 5.41 Å². The molecule has 5 nitrogen and oxygen atoms in total. The molecule has 2 aliphatic heterocycles. The van der Waals surface area contributed by atoms with Crippen LogP contribution in [-0.4, -0.2) is 45.6 Å². The second-order valence-corrected chi connectivity index (χ2v) is 10.3. The first-order valence-electron chi connectivity index (χ1n) is 12.7. The fourth-order valence-electron chi connectivity index (χ4n) is 5.88. The lowest BCUT2D eigenvalue weighted by molar-refractivity contribution is 0.206. The van der Waals surface area contributed by atoms with Crippen LogP contribution in [0.3, 0.4) is 0 Å². The van der Waals surface area contributed by atoms with Crippen LogP contribution in [0.4, 0.5) is 5.69 Å². The molecule has 0 radical (unpaired) electrons. The van der Waals surface area contributed by atoms with Crippen molar-refractivity contribution in [2.24, 2.45) is 5.41 Å². The second-order valence-electron chi connectivity index (χ2n) is 10.3. The molecule has 5 heteroatoms. The predicted octanol–water partition coefficient (Wildman–Crippen LogP) is 5.62. The maximum absolute atomic E-state index is 4.89. The molecular weight excluding hydrogens is 430 g/mol. The summed E-state index contributed by atoms with van der Waals surface area (Å²) >= 11 is 0. The summed E-state index contributed by atoms with van der Waals surface area (Å²) in [5, 5.41) is 1.22. The molecule has 0 saturated carbocycles. The van der Waals surface area contributed by atoms with Gasteiger partial charge in [-0.1, -0.05) is 43.0 Å². The van der Waals surface area contributed by atoms with Crippen LogP contribution in [0.25, 0.3) is 17.1 Å². The molecule has 0 aliphatic carbocycles. The average molecular weight is 464 g/mol. The first-order valence-corrected chi connectivity index (χ1v) is 12.7. The molecule has 5 heterocycles. The van der Waals surface area contributed by atoms with Gasteiger partial charge in [-0.05, 0) is 66.1 Å². The maximum atomic E-state index is 4.89. The van der Waals surface area contributed by atoms with Crippen molar-refractivity contribution < 1.29 is 0 Å². The van der Waals surface area contributed by atoms with Gasteiger partial charge in [0.15, 0.2) is 0 Å². The van der Waals surface area contributed by atoms with E-state index in [1.807, 2.05) is 24.5 Å². The molecule has 35 heavy (non-hydrogen) atoms. The van der Waals surface area contributed by atoms with Crippen molar-refractivity contribution in [3.63, 3.8) is 0 Å². The maximum Gasteiger partial charge on any atom is 0.140 e. The van der Waals surface area contributed by atoms with Gasteiger partial charge in [0.1, 0.15) is 5.65 Å². The molecule has 0 amide bonds. The van der Waals surface area contributed by atoms with Gasteiger partial charge < -0.3 is 9.47 Å². The molecule has 2 saturated heterocycles. The third-order valence-electron chi connectivity index (χ3n) is 7.99. The zero-order chi connectivity index (χ0) is 23.7. The second kappa shape index (κ2) is 9.31. The topological polar surface area (TPSA) is 37.2 Å². The van der Waals surface area contributed by atoms with Crippen LogP contribution in [0.5, 0.6) is 0 Å². The molecule has 2 aliphatic rings. The van der Waals surface area contributed by atoms with Gasteiger partial charge in [-0.15, -0.1) is 0 Å². The number of pyridine rings is 2. The van der Waals surface area contributed by atoms with Crippen molar-refractivity contribution in [1.29, 1.82) is 0 Å². The minimum absolute atomic E-state index is 0.473. The van der Waals surface area contributed by atoms with Crippen LogP contribution < -0.4 is 4.90 Å². The van der Waals surface area contributed by atoms with E-state index in [0.717, 1.165) is 37.4 Å². The zero-order valence-electron chi connectivity index (χ0n) is 20.3. The average Bonchev–Trinajstić information content (AvgIpc) is 3.49. The molecule has 0 unspecified atom stereocenters. The number of nitrogens with zero attached hydrogens (tertiary/aromatic N) is 5. The van der Waals surface area contributed by atoms with Gasteiger partial charge in [-0.25, -0.2) is 4.98 Å². The molecule has 6 rings (SSSR count). The number of benzene rings is 1. The number of anilines is 1. The fraction of sp³-hybridized carbons (Fsp3) is 0.333. The summed E-state index contributed by atoms with van der Waals surface area (Å²) in [4.78, 5) is 14.3. The highest BCUT2D eigenvalue weighted by Crippen LogP contribution is 2.41. The van der Waals surface area contributed by atoms with E-state index in [0.29, 0.717) is 5.41 Å². The Balaban J connectivity index is 1.09. The van der Waals surface area contributed by atoms with Gasteiger partial charge >= 0.3 is 0 Å². The first kappa shape index (κ1) is 22.1. The van der Waals surface area contributed by atoms with Crippen molar-refractivity contribution >= 4 is 22.8 Å². The molecule has 178 valence electrons. The van der Waals surface area contributed by atoms with Gasteiger partial charge in [-0.2, -0.15) is 0 Å². The van der Waals surface area contributed by atoms with E-state index in [2.05, 4.69) is 80.8 Å². The normalized spacial score (nSPS) is 17.9. The summed E-state index contributed by atoms with van der Waals surface area (Å²) in [6.07, 6.45) is 13.8. The number of fused-ring (bicyclic) bond motifs is 1. The van der Waals surface area contributed by atoms with E-state index in [9.17, 15) is 0 Å². The zero-order valence-corrected chi connectivity index (χ0v) is 20.3. The van der Waals surface area contributed by atoms with Gasteiger partial charge in [-0.3, -0.25) is 9.88 Å². The number of aromatic nitrogens is 3. The van der Waals surface area contributed by atoms with Crippen LogP contribution >= 0.6 is 0 Å². The Hall–Kier alpha value is -3.44. The number of hydrogen-bond acceptors (Lipinski definition) is 4. The van der Waals surface area contributed by atoms with E-state index < -0.39 is 0 Å². The summed E-state index contributed by atoms with van der Waals surface area (Å²) in [5.74, 6) is 0. The van der Waals surface area contributed by atoms with Gasteiger partial charge in [0.05, 0.1) is 11.9 Å². The summed E-state index contributed by atoms with van der Waals surface area (Å²) < 4.78 is 2.24. The molecule has 0 bridgehead atoms. The minimum atomic E-state index is 0.473. The largest absolute Gasteiger partial charge is 0.370 e. The lowest BCUT2D eigenvalue weighted by Crippen LogP contribution is -2.41. The molecular formula is C30H33N5. The Kier molecular flexibility index (Phi) is 5.86. The smallest absolute Gasteiger partial charge is 0.140 e. The minimum Gasteiger partial charge on any atom is -0.370 e. The lowest BCUT2D eigenvalue weighted by Gasteiger charge is -2.40. The molecule has 2 fully saturated rings. The fourth-order valence-corrected chi connectivity index (χ4v) is 5.88. The highest BCUT2D eigenvalue weighted by molar-refractivity contribution is 5.80. The Morgan fingerprint density at radius 2 is 1.74 bits per heavy atom. The van der Waals surface area contributed by atoms with Crippen LogP contribution in [0.1, 0.15) is 36.0 Å². The van der Waals surface area contributed by atoms with E-state index in [1.54, 1.807) is 0 Å². The molecule has 4 aromatic rings. The Morgan fingerprint density at radius 1 is 0.914 bits per heavy atom. The molecule has 3 aromatic heterocycles. The summed E-state index contributed by atoms with van der Waals surface area (Å²) in [7, 11) is 0. The number of piperidine rings is 1. The van der Waals surface area contributed by atoms with Crippen molar-refractivity contribution in [2.45, 2.75) is 32.4 Å². The van der Waals surface area contributed by atoms with Gasteiger partial charge in [0.2, 0.25) is 0 Å². The van der Waals surface area contributed by atoms with Crippen LogP contribution in [-0.2, 0) is 13.1 Å². The Bertz CT molecular complexity index is 1300. The molecule has 0 N–H and O–H groups in total. The predicted molar refractivity (Wildman–Crippen MR) is 143 cm³/mol. The summed E-state index contributed by atoms with van der Waals surface area (Å²) in [6, 6.07) is 17.3. The quantitative estimate of drug-likeness (QED) is 0.372. The van der Waals surface area contributed by atoms with E-state index >= 15 is 0 Å². The summed E-state index contributed by atoms with van der Waals surface area (Å²) in [5.41, 5.74) is 6.52. The molecule has 0 atom stereocenters. The summed E-state index contributed by atoms with van der Waals surface area (Å²) in [6.45, 7) is 10.3. The van der Waals surface area contributed by atoms with E-state index in [1.165, 1.54) is 54.6 Å². The van der Waals surface area contributed by atoms with Crippen molar-refractivity contribution in [2.75, 3.05) is 31.1 Å². The highest BCUT2D eigenvalue weighted by Gasteiger charge is 2.40. The van der Waals surface area contributed by atoms with Crippen molar-refractivity contribution in [3.05, 3.63) is 96.6 Å². The number of rotatable bonds is 6. The van der Waals surface area contributed by atoms with Gasteiger partial charge in [0.25, 0.3) is 0 Å². The van der Waals surface area contributed by atoms with Crippen molar-refractivity contribution in [3.8, 4) is 0 Å². The molecule has 1 spiro atoms. The van der Waals surface area contributed by atoms with Gasteiger partial charge in [0, 0.05) is 56.7 Å². The first-order chi connectivity index (χ1) is 17.2. The standard InChI is InChI=1S/C30H33N5/c1-2-24-5-7-25(8-6-24)22-35-14-9-27-18-28(20-32-29(27)35)34-16-11-30(12-17-34)10-15-33(23-30)21-26-4-3-13-31-19-26/h2-9,13-14,18-20H,1,10-12,15-17,21-23H2. The molecule has 1 aromatic carbocycles.